The van der Waals surface area contributed by atoms with Gasteiger partial charge in [0.2, 0.25) is 0 Å². The minimum Gasteiger partial charge on any atom is -0.478 e. The molecule has 6 nitrogen and oxygen atoms in total. The summed E-state index contributed by atoms with van der Waals surface area (Å²) in [5.74, 6) is -2.18. The molecule has 1 aromatic heterocycles. The maximum Gasteiger partial charge on any atom is 0.344 e. The van der Waals surface area contributed by atoms with Gasteiger partial charge in [-0.15, -0.1) is 5.10 Å². The quantitative estimate of drug-likeness (QED) is 0.902. The maximum atomic E-state index is 13.6. The van der Waals surface area contributed by atoms with Gasteiger partial charge in [0, 0.05) is 10.9 Å². The summed E-state index contributed by atoms with van der Waals surface area (Å²) in [6.45, 7) is 3.59. The molecule has 2 aromatic rings. The summed E-state index contributed by atoms with van der Waals surface area (Å²) in [7, 11) is 0. The number of benzene rings is 1. The lowest BCUT2D eigenvalue weighted by atomic mass is 10.2. The van der Waals surface area contributed by atoms with E-state index < -0.39 is 23.0 Å². The van der Waals surface area contributed by atoms with Crippen molar-refractivity contribution in [3.05, 3.63) is 40.1 Å². The van der Waals surface area contributed by atoms with Crippen LogP contribution in [-0.4, -0.2) is 25.8 Å². The zero-order valence-corrected chi connectivity index (χ0v) is 11.6. The van der Waals surface area contributed by atoms with Crippen LogP contribution in [0, 0.1) is 5.82 Å². The number of hydrogen-bond acceptors (Lipinski definition) is 4. The van der Waals surface area contributed by atoms with E-state index >= 15 is 0 Å². The van der Waals surface area contributed by atoms with Crippen molar-refractivity contribution >= 4 is 17.7 Å². The Morgan fingerprint density at radius 3 is 2.80 bits per heavy atom. The van der Waals surface area contributed by atoms with E-state index in [1.54, 1.807) is 13.8 Å². The average molecular weight is 297 g/mol. The monoisotopic (exact) mass is 297 g/mol. The second-order valence-electron chi connectivity index (χ2n) is 4.30. The molecule has 0 radical (unpaired) electrons. The van der Waals surface area contributed by atoms with E-state index in [1.807, 2.05) is 0 Å². The SMILES string of the molecule is CC(C)n1c(Sc2cccc(F)c2C(=O)O)n[nH]c1=O. The zero-order valence-electron chi connectivity index (χ0n) is 10.8. The molecule has 20 heavy (non-hydrogen) atoms. The van der Waals surface area contributed by atoms with Gasteiger partial charge in [0.25, 0.3) is 0 Å². The molecule has 0 unspecified atom stereocenters. The van der Waals surface area contributed by atoms with Crippen LogP contribution in [0.4, 0.5) is 4.39 Å². The molecule has 0 fully saturated rings. The van der Waals surface area contributed by atoms with Crippen LogP contribution in [-0.2, 0) is 0 Å². The standard InChI is InChI=1S/C12H12FN3O3S/c1-6(2)16-11(19)14-15-12(16)20-8-5-3-4-7(13)9(8)10(17)18/h3-6H,1-2H3,(H,14,19)(H,17,18). The largest absolute Gasteiger partial charge is 0.478 e. The highest BCUT2D eigenvalue weighted by molar-refractivity contribution is 7.99. The van der Waals surface area contributed by atoms with Crippen molar-refractivity contribution in [1.82, 2.24) is 14.8 Å². The highest BCUT2D eigenvalue weighted by atomic mass is 32.2. The Kier molecular flexibility index (Phi) is 3.93. The van der Waals surface area contributed by atoms with Crippen molar-refractivity contribution in [3.63, 3.8) is 0 Å². The van der Waals surface area contributed by atoms with Crippen LogP contribution in [0.5, 0.6) is 0 Å². The third kappa shape index (κ3) is 2.60. The van der Waals surface area contributed by atoms with E-state index in [2.05, 4.69) is 10.2 Å². The number of rotatable bonds is 4. The number of aromatic carboxylic acids is 1. The highest BCUT2D eigenvalue weighted by Gasteiger charge is 2.20. The molecule has 0 aliphatic heterocycles. The number of aromatic amines is 1. The fourth-order valence-corrected chi connectivity index (χ4v) is 2.83. The number of aromatic nitrogens is 3. The first-order valence-electron chi connectivity index (χ1n) is 5.78. The van der Waals surface area contributed by atoms with Gasteiger partial charge in [0.15, 0.2) is 5.16 Å². The molecule has 0 bridgehead atoms. The van der Waals surface area contributed by atoms with Crippen LogP contribution in [0.25, 0.3) is 0 Å². The molecular formula is C12H12FN3O3S. The fourth-order valence-electron chi connectivity index (χ4n) is 1.71. The molecule has 0 aliphatic rings. The van der Waals surface area contributed by atoms with Gasteiger partial charge in [-0.3, -0.25) is 4.57 Å². The van der Waals surface area contributed by atoms with Gasteiger partial charge < -0.3 is 5.11 Å². The number of carboxylic acid groups (broad SMARTS) is 1. The summed E-state index contributed by atoms with van der Waals surface area (Å²) >= 11 is 0.932. The Labute approximate surface area is 117 Å². The Bertz CT molecular complexity index is 708. The first-order valence-corrected chi connectivity index (χ1v) is 6.60. The second kappa shape index (κ2) is 5.49. The molecule has 1 heterocycles. The molecule has 0 amide bonds. The first kappa shape index (κ1) is 14.3. The zero-order chi connectivity index (χ0) is 14.9. The summed E-state index contributed by atoms with van der Waals surface area (Å²) in [6.07, 6.45) is 0. The number of halogens is 1. The minimum atomic E-state index is -1.36. The van der Waals surface area contributed by atoms with Crippen LogP contribution in [0.3, 0.4) is 0 Å². The van der Waals surface area contributed by atoms with Gasteiger partial charge in [0.1, 0.15) is 11.4 Å². The van der Waals surface area contributed by atoms with E-state index in [4.69, 9.17) is 5.11 Å². The van der Waals surface area contributed by atoms with E-state index in [0.29, 0.717) is 0 Å². The van der Waals surface area contributed by atoms with Gasteiger partial charge in [0.05, 0.1) is 0 Å². The molecular weight excluding hydrogens is 285 g/mol. The number of nitrogens with zero attached hydrogens (tertiary/aromatic N) is 2. The van der Waals surface area contributed by atoms with E-state index in [9.17, 15) is 14.0 Å². The Balaban J connectivity index is 2.49. The Morgan fingerprint density at radius 2 is 2.20 bits per heavy atom. The summed E-state index contributed by atoms with van der Waals surface area (Å²) in [4.78, 5) is 22.9. The molecule has 2 rings (SSSR count). The lowest BCUT2D eigenvalue weighted by Crippen LogP contribution is -2.19. The van der Waals surface area contributed by atoms with Crippen molar-refractivity contribution in [1.29, 1.82) is 0 Å². The van der Waals surface area contributed by atoms with Crippen molar-refractivity contribution in [2.24, 2.45) is 0 Å². The minimum absolute atomic E-state index is 0.148. The summed E-state index contributed by atoms with van der Waals surface area (Å²) in [6, 6.07) is 3.81. The summed E-state index contributed by atoms with van der Waals surface area (Å²) in [5, 5.41) is 15.5. The lowest BCUT2D eigenvalue weighted by Gasteiger charge is -2.10. The fraction of sp³-hybridized carbons (Fsp3) is 0.250. The molecule has 106 valence electrons. The van der Waals surface area contributed by atoms with Crippen LogP contribution in [0.15, 0.2) is 33.0 Å². The molecule has 0 atom stereocenters. The second-order valence-corrected chi connectivity index (χ2v) is 5.30. The Hall–Kier alpha value is -2.09. The smallest absolute Gasteiger partial charge is 0.344 e. The molecule has 0 saturated carbocycles. The van der Waals surface area contributed by atoms with Crippen molar-refractivity contribution in [3.8, 4) is 0 Å². The third-order valence-corrected chi connectivity index (χ3v) is 3.61. The highest BCUT2D eigenvalue weighted by Crippen LogP contribution is 2.30. The average Bonchev–Trinajstić information content (AvgIpc) is 2.70. The predicted octanol–water partition coefficient (Wildman–Crippen LogP) is 2.14. The molecule has 8 heteroatoms. The number of hydrogen-bond donors (Lipinski definition) is 2. The predicted molar refractivity (Wildman–Crippen MR) is 70.7 cm³/mol. The molecule has 1 aromatic carbocycles. The normalized spacial score (nSPS) is 11.0. The van der Waals surface area contributed by atoms with Crippen LogP contribution >= 0.6 is 11.8 Å². The maximum absolute atomic E-state index is 13.6. The van der Waals surface area contributed by atoms with E-state index in [-0.39, 0.29) is 16.1 Å². The van der Waals surface area contributed by atoms with Crippen LogP contribution in [0.1, 0.15) is 30.2 Å². The van der Waals surface area contributed by atoms with Gasteiger partial charge >= 0.3 is 11.7 Å². The van der Waals surface area contributed by atoms with Crippen molar-refractivity contribution in [2.75, 3.05) is 0 Å². The summed E-state index contributed by atoms with van der Waals surface area (Å²) in [5.41, 5.74) is -0.820. The van der Waals surface area contributed by atoms with Crippen molar-refractivity contribution in [2.45, 2.75) is 29.9 Å². The van der Waals surface area contributed by atoms with Crippen LogP contribution < -0.4 is 5.69 Å². The number of carboxylic acids is 1. The Morgan fingerprint density at radius 1 is 1.50 bits per heavy atom. The third-order valence-electron chi connectivity index (χ3n) is 2.58. The number of nitrogens with one attached hydrogen (secondary N) is 1. The van der Waals surface area contributed by atoms with Crippen molar-refractivity contribution < 1.29 is 14.3 Å². The van der Waals surface area contributed by atoms with E-state index in [0.717, 1.165) is 17.8 Å². The molecule has 2 N–H and O–H groups in total. The van der Waals surface area contributed by atoms with Gasteiger partial charge in [-0.05, 0) is 37.7 Å². The number of H-pyrrole nitrogens is 1. The van der Waals surface area contributed by atoms with Gasteiger partial charge in [-0.2, -0.15) is 0 Å². The van der Waals surface area contributed by atoms with Crippen LogP contribution in [0.2, 0.25) is 0 Å². The lowest BCUT2D eigenvalue weighted by molar-refractivity contribution is 0.0688. The first-order chi connectivity index (χ1) is 9.41. The molecule has 0 aliphatic carbocycles. The summed E-state index contributed by atoms with van der Waals surface area (Å²) < 4.78 is 15.0. The number of carbonyl (C=O) groups is 1. The van der Waals surface area contributed by atoms with E-state index in [1.165, 1.54) is 16.7 Å². The van der Waals surface area contributed by atoms with Gasteiger partial charge in [-0.25, -0.2) is 19.1 Å². The topological polar surface area (TPSA) is 88.0 Å². The molecule has 0 spiro atoms. The van der Waals surface area contributed by atoms with Gasteiger partial charge in [-0.1, -0.05) is 6.07 Å². The molecule has 0 saturated heterocycles.